The summed E-state index contributed by atoms with van der Waals surface area (Å²) < 4.78 is 4.64. The van der Waals surface area contributed by atoms with Gasteiger partial charge in [0.25, 0.3) is 5.91 Å². The molecule has 7 rings (SSSR count). The third-order valence-electron chi connectivity index (χ3n) is 8.16. The Morgan fingerprint density at radius 2 is 1.94 bits per heavy atom. The highest BCUT2D eigenvalue weighted by Gasteiger charge is 2.34. The van der Waals surface area contributed by atoms with E-state index in [0.29, 0.717) is 18.0 Å². The van der Waals surface area contributed by atoms with Crippen molar-refractivity contribution in [3.63, 3.8) is 0 Å². The van der Waals surface area contributed by atoms with Gasteiger partial charge in [-0.3, -0.25) is 4.79 Å². The summed E-state index contributed by atoms with van der Waals surface area (Å²) in [6.07, 6.45) is 9.90. The second-order valence-electron chi connectivity index (χ2n) is 11.1. The van der Waals surface area contributed by atoms with Crippen LogP contribution in [0.5, 0.6) is 0 Å². The fourth-order valence-electron chi connectivity index (χ4n) is 5.81. The minimum atomic E-state index is 0.0595. The number of rotatable bonds is 6. The summed E-state index contributed by atoms with van der Waals surface area (Å²) in [5, 5.41) is 1.18. The third-order valence-corrected chi connectivity index (χ3v) is 8.16. The van der Waals surface area contributed by atoms with Crippen molar-refractivity contribution in [3.8, 4) is 11.4 Å². The number of nitrogens with zero attached hydrogens (tertiary/aromatic N) is 5. The number of pyridine rings is 2. The molecule has 1 atom stereocenters. The number of fused-ring (bicyclic) bond motifs is 2. The van der Waals surface area contributed by atoms with Gasteiger partial charge in [0, 0.05) is 54.4 Å². The molecule has 5 heterocycles. The Bertz CT molecular complexity index is 1470. The second kappa shape index (κ2) is 8.44. The molecule has 2 N–H and O–H groups in total. The molecule has 3 fully saturated rings. The van der Waals surface area contributed by atoms with Crippen LogP contribution >= 0.6 is 0 Å². The van der Waals surface area contributed by atoms with E-state index in [0.717, 1.165) is 66.6 Å². The van der Waals surface area contributed by atoms with Crippen LogP contribution in [0, 0.1) is 5.92 Å². The summed E-state index contributed by atoms with van der Waals surface area (Å²) in [6, 6.07) is 10.6. The highest BCUT2D eigenvalue weighted by Crippen LogP contribution is 2.46. The Morgan fingerprint density at radius 1 is 1.08 bits per heavy atom. The molecule has 0 bridgehead atoms. The fourth-order valence-corrected chi connectivity index (χ4v) is 5.81. The van der Waals surface area contributed by atoms with E-state index in [4.69, 9.17) is 15.7 Å². The van der Waals surface area contributed by atoms with Gasteiger partial charge in [-0.05, 0) is 81.2 Å². The predicted octanol–water partition coefficient (Wildman–Crippen LogP) is 4.76. The zero-order valence-corrected chi connectivity index (χ0v) is 21.0. The SMILES string of the molecule is CCc1ccc2cc(-c3nc4cc(C(=O)N5CCC[C@@H](N)C5)ccn4c3C3CC3)n(CC3CC3)c2n1. The van der Waals surface area contributed by atoms with Crippen LogP contribution in [0.1, 0.15) is 73.1 Å². The van der Waals surface area contributed by atoms with Crippen molar-refractivity contribution in [1.29, 1.82) is 0 Å². The molecule has 4 aromatic heterocycles. The van der Waals surface area contributed by atoms with Crippen molar-refractivity contribution in [2.24, 2.45) is 11.7 Å². The van der Waals surface area contributed by atoms with Gasteiger partial charge < -0.3 is 19.6 Å². The molecular formula is C29H34N6O. The standard InChI is InChI=1S/C29H34N6O/c1-2-23-10-9-20-14-24(35(28(20)31-23)16-18-5-6-18)26-27(19-7-8-19)34-13-11-21(15-25(34)32-26)29(36)33-12-3-4-22(30)17-33/h9-11,13-15,18-19,22H,2-8,12,16-17,30H2,1H3/t22-/m1/s1. The molecule has 1 saturated heterocycles. The molecule has 0 radical (unpaired) electrons. The average molecular weight is 483 g/mol. The first-order chi connectivity index (χ1) is 17.6. The van der Waals surface area contributed by atoms with Crippen LogP contribution < -0.4 is 5.73 Å². The van der Waals surface area contributed by atoms with Gasteiger partial charge in [0.1, 0.15) is 17.0 Å². The summed E-state index contributed by atoms with van der Waals surface area (Å²) in [5.74, 6) is 1.31. The number of likely N-dealkylation sites (tertiary alicyclic amines) is 1. The normalized spacial score (nSPS) is 20.5. The molecule has 0 unspecified atom stereocenters. The lowest BCUT2D eigenvalue weighted by Crippen LogP contribution is -2.45. The summed E-state index contributed by atoms with van der Waals surface area (Å²) in [7, 11) is 0. The number of hydrogen-bond donors (Lipinski definition) is 1. The van der Waals surface area contributed by atoms with Crippen LogP contribution in [0.4, 0.5) is 0 Å². The molecule has 2 aliphatic carbocycles. The largest absolute Gasteiger partial charge is 0.337 e. The van der Waals surface area contributed by atoms with E-state index >= 15 is 0 Å². The number of imidazole rings is 1. The van der Waals surface area contributed by atoms with Gasteiger partial charge in [0.05, 0.1) is 11.4 Å². The first kappa shape index (κ1) is 22.0. The summed E-state index contributed by atoms with van der Waals surface area (Å²) in [5.41, 5.74) is 13.4. The number of carbonyl (C=O) groups excluding carboxylic acids is 1. The van der Waals surface area contributed by atoms with Gasteiger partial charge >= 0.3 is 0 Å². The van der Waals surface area contributed by atoms with Crippen LogP contribution in [0.2, 0.25) is 0 Å². The minimum absolute atomic E-state index is 0.0595. The van der Waals surface area contributed by atoms with E-state index in [-0.39, 0.29) is 11.9 Å². The average Bonchev–Trinajstić information content (AvgIpc) is 3.83. The summed E-state index contributed by atoms with van der Waals surface area (Å²) >= 11 is 0. The number of carbonyl (C=O) groups is 1. The molecule has 36 heavy (non-hydrogen) atoms. The summed E-state index contributed by atoms with van der Waals surface area (Å²) in [4.78, 5) is 25.4. The van der Waals surface area contributed by atoms with Crippen molar-refractivity contribution < 1.29 is 4.79 Å². The number of amides is 1. The predicted molar refractivity (Wildman–Crippen MR) is 141 cm³/mol. The molecule has 1 amide bonds. The number of aryl methyl sites for hydroxylation is 1. The minimum Gasteiger partial charge on any atom is -0.337 e. The molecule has 0 spiro atoms. The highest BCUT2D eigenvalue weighted by atomic mass is 16.2. The number of piperidine rings is 1. The zero-order chi connectivity index (χ0) is 24.4. The van der Waals surface area contributed by atoms with Crippen LogP contribution in [0.25, 0.3) is 28.1 Å². The Labute approximate surface area is 211 Å². The van der Waals surface area contributed by atoms with E-state index in [1.807, 2.05) is 17.0 Å². The lowest BCUT2D eigenvalue weighted by Gasteiger charge is -2.30. The van der Waals surface area contributed by atoms with E-state index in [1.165, 1.54) is 36.8 Å². The smallest absolute Gasteiger partial charge is 0.254 e. The van der Waals surface area contributed by atoms with Crippen molar-refractivity contribution in [2.45, 2.75) is 70.4 Å². The van der Waals surface area contributed by atoms with Gasteiger partial charge in [-0.25, -0.2) is 9.97 Å². The fraction of sp³-hybridized carbons (Fsp3) is 0.483. The van der Waals surface area contributed by atoms with Crippen molar-refractivity contribution in [1.82, 2.24) is 23.8 Å². The quantitative estimate of drug-likeness (QED) is 0.429. The highest BCUT2D eigenvalue weighted by molar-refractivity contribution is 5.95. The van der Waals surface area contributed by atoms with Crippen molar-refractivity contribution >= 4 is 22.6 Å². The molecular weight excluding hydrogens is 448 g/mol. The van der Waals surface area contributed by atoms with E-state index in [2.05, 4.69) is 40.3 Å². The molecule has 1 aliphatic heterocycles. The summed E-state index contributed by atoms with van der Waals surface area (Å²) in [6.45, 7) is 4.56. The third kappa shape index (κ3) is 3.81. The number of aromatic nitrogens is 4. The van der Waals surface area contributed by atoms with Gasteiger partial charge in [-0.1, -0.05) is 6.92 Å². The Kier molecular flexibility index (Phi) is 5.17. The number of hydrogen-bond acceptors (Lipinski definition) is 4. The Hall–Kier alpha value is -3.19. The van der Waals surface area contributed by atoms with Gasteiger partial charge in [0.2, 0.25) is 0 Å². The van der Waals surface area contributed by atoms with Crippen LogP contribution in [0.3, 0.4) is 0 Å². The van der Waals surface area contributed by atoms with Gasteiger partial charge in [-0.2, -0.15) is 0 Å². The van der Waals surface area contributed by atoms with Crippen LogP contribution in [-0.2, 0) is 13.0 Å². The first-order valence-electron chi connectivity index (χ1n) is 13.7. The van der Waals surface area contributed by atoms with Crippen LogP contribution in [0.15, 0.2) is 36.5 Å². The molecule has 2 saturated carbocycles. The Balaban J connectivity index is 1.35. The van der Waals surface area contributed by atoms with E-state index in [9.17, 15) is 4.79 Å². The second-order valence-corrected chi connectivity index (χ2v) is 11.1. The molecule has 186 valence electrons. The lowest BCUT2D eigenvalue weighted by molar-refractivity contribution is 0.0709. The van der Waals surface area contributed by atoms with Gasteiger partial charge in [-0.15, -0.1) is 0 Å². The monoisotopic (exact) mass is 482 g/mol. The Morgan fingerprint density at radius 3 is 2.69 bits per heavy atom. The topological polar surface area (TPSA) is 81.5 Å². The van der Waals surface area contributed by atoms with Gasteiger partial charge in [0.15, 0.2) is 0 Å². The van der Waals surface area contributed by atoms with Crippen molar-refractivity contribution in [2.75, 3.05) is 13.1 Å². The van der Waals surface area contributed by atoms with Crippen LogP contribution in [-0.4, -0.2) is 48.9 Å². The van der Waals surface area contributed by atoms with E-state index in [1.54, 1.807) is 0 Å². The number of nitrogens with two attached hydrogens (primary N) is 1. The molecule has 7 nitrogen and oxygen atoms in total. The zero-order valence-electron chi connectivity index (χ0n) is 21.0. The molecule has 7 heteroatoms. The molecule has 4 aromatic rings. The van der Waals surface area contributed by atoms with Crippen molar-refractivity contribution in [3.05, 3.63) is 53.5 Å². The molecule has 3 aliphatic rings. The van der Waals surface area contributed by atoms with E-state index < -0.39 is 0 Å². The maximum absolute atomic E-state index is 13.3. The molecule has 0 aromatic carbocycles. The maximum atomic E-state index is 13.3. The maximum Gasteiger partial charge on any atom is 0.254 e. The lowest BCUT2D eigenvalue weighted by atomic mass is 10.1. The first-order valence-corrected chi connectivity index (χ1v) is 13.7.